The molecule has 0 aromatic carbocycles. The number of methoxy groups -OCH3 is 1. The van der Waals surface area contributed by atoms with E-state index in [0.29, 0.717) is 19.3 Å². The van der Waals surface area contributed by atoms with Gasteiger partial charge in [-0.3, -0.25) is 14.4 Å². The smallest absolute Gasteiger partial charge is 0.330 e. The molecule has 0 aliphatic rings. The number of carbonyl (C=O) groups is 3. The van der Waals surface area contributed by atoms with E-state index >= 15 is 0 Å². The van der Waals surface area contributed by atoms with E-state index in [1.54, 1.807) is 0 Å². The van der Waals surface area contributed by atoms with E-state index in [2.05, 4.69) is 24.5 Å². The van der Waals surface area contributed by atoms with Crippen molar-refractivity contribution in [1.82, 2.24) is 10.6 Å². The van der Waals surface area contributed by atoms with Crippen LogP contribution in [0.2, 0.25) is 0 Å². The standard InChI is InChI=1S/C45H90N2O12P2/c1-4-6-8-10-12-14-16-18-19-21-23-25-27-29-31-33-45(51)55-35-41(46-40-48)36-56-60(52)58-38-43(49)39-59-61(53)57-37-42(34-54-3)47-44(50)32-30-28-26-24-22-20-17-15-13-11-9-7-5-2/h40-43,49,52-53H,4-39H2,1-3H3,(H,46,48)(H,47,50). The lowest BCUT2D eigenvalue weighted by Gasteiger charge is -2.20. The molecule has 0 bridgehead atoms. The Hall–Kier alpha value is -1.05. The molecule has 0 saturated heterocycles. The maximum atomic E-state index is 12.5. The van der Waals surface area contributed by atoms with Crippen molar-refractivity contribution in [1.29, 1.82) is 0 Å². The predicted molar refractivity (Wildman–Crippen MR) is 246 cm³/mol. The summed E-state index contributed by atoms with van der Waals surface area (Å²) in [4.78, 5) is 56.1. The van der Waals surface area contributed by atoms with Crippen molar-refractivity contribution in [3.63, 3.8) is 0 Å². The zero-order valence-corrected chi connectivity index (χ0v) is 40.5. The van der Waals surface area contributed by atoms with Gasteiger partial charge in [0.2, 0.25) is 12.3 Å². The highest BCUT2D eigenvalue weighted by molar-refractivity contribution is 7.40. The maximum absolute atomic E-state index is 12.5. The molecule has 0 aromatic rings. The van der Waals surface area contributed by atoms with Crippen molar-refractivity contribution >= 4 is 35.5 Å². The van der Waals surface area contributed by atoms with Gasteiger partial charge in [-0.05, 0) is 12.8 Å². The molecule has 5 unspecified atom stereocenters. The third-order valence-electron chi connectivity index (χ3n) is 10.5. The van der Waals surface area contributed by atoms with Gasteiger partial charge in [0, 0.05) is 20.0 Å². The average molecular weight is 913 g/mol. The molecule has 5 N–H and O–H groups in total. The Balaban J connectivity index is 4.00. The summed E-state index contributed by atoms with van der Waals surface area (Å²) in [5, 5.41) is 15.6. The van der Waals surface area contributed by atoms with Gasteiger partial charge >= 0.3 is 23.2 Å². The fourth-order valence-corrected chi connectivity index (χ4v) is 8.18. The van der Waals surface area contributed by atoms with Crippen LogP contribution in [-0.4, -0.2) is 98.1 Å². The summed E-state index contributed by atoms with van der Waals surface area (Å²) < 4.78 is 31.5. The average Bonchev–Trinajstić information content (AvgIpc) is 3.25. The molecule has 0 heterocycles. The van der Waals surface area contributed by atoms with Crippen molar-refractivity contribution in [3.05, 3.63) is 0 Å². The first-order chi connectivity index (χ1) is 29.7. The van der Waals surface area contributed by atoms with Crippen LogP contribution in [0.1, 0.15) is 206 Å². The number of nitrogens with one attached hydrogen (secondary N) is 2. The minimum atomic E-state index is -2.43. The van der Waals surface area contributed by atoms with Crippen LogP contribution < -0.4 is 10.6 Å². The highest BCUT2D eigenvalue weighted by Gasteiger charge is 2.20. The number of aliphatic hydroxyl groups is 1. The third-order valence-corrected chi connectivity index (χ3v) is 12.0. The fourth-order valence-electron chi connectivity index (χ4n) is 6.81. The lowest BCUT2D eigenvalue weighted by Crippen LogP contribution is -2.41. The SMILES string of the molecule is CCCCCCCCCCCCCCCCCC(=O)OCC(COP(O)OCC(O)COP(O)OCC(COC)NC(=O)CCCCCCCCCCCCCCC)NC=O. The van der Waals surface area contributed by atoms with E-state index < -0.39 is 35.4 Å². The second-order valence-corrected chi connectivity index (χ2v) is 18.4. The highest BCUT2D eigenvalue weighted by atomic mass is 31.2. The van der Waals surface area contributed by atoms with Crippen LogP contribution in [-0.2, 0) is 42.0 Å². The summed E-state index contributed by atoms with van der Waals surface area (Å²) >= 11 is 0. The van der Waals surface area contributed by atoms with Gasteiger partial charge in [-0.1, -0.05) is 181 Å². The number of hydrogen-bond acceptors (Lipinski definition) is 12. The van der Waals surface area contributed by atoms with Gasteiger partial charge in [0.05, 0.1) is 45.1 Å². The van der Waals surface area contributed by atoms with Gasteiger partial charge in [0.25, 0.3) is 0 Å². The summed E-state index contributed by atoms with van der Waals surface area (Å²) in [6.07, 6.45) is 34.7. The highest BCUT2D eigenvalue weighted by Crippen LogP contribution is 2.35. The van der Waals surface area contributed by atoms with Crippen LogP contribution in [0.25, 0.3) is 0 Å². The monoisotopic (exact) mass is 913 g/mol. The summed E-state index contributed by atoms with van der Waals surface area (Å²) in [7, 11) is -3.29. The molecule has 0 rings (SSSR count). The molecule has 0 radical (unpaired) electrons. The molecule has 16 heteroatoms. The Morgan fingerprint density at radius 1 is 0.508 bits per heavy atom. The summed E-state index contributed by atoms with van der Waals surface area (Å²) in [6.45, 7) is 3.61. The molecule has 0 aliphatic carbocycles. The lowest BCUT2D eigenvalue weighted by atomic mass is 10.0. The quantitative estimate of drug-likeness (QED) is 0.0168. The van der Waals surface area contributed by atoms with Crippen LogP contribution in [0.4, 0.5) is 0 Å². The second-order valence-electron chi connectivity index (χ2n) is 16.4. The topological polar surface area (TPSA) is 191 Å². The zero-order valence-electron chi connectivity index (χ0n) is 38.7. The van der Waals surface area contributed by atoms with Crippen LogP contribution in [0, 0.1) is 0 Å². The molecule has 0 saturated carbocycles. The number of esters is 1. The molecule has 2 amide bonds. The molecular weight excluding hydrogens is 822 g/mol. The molecule has 0 fully saturated rings. The number of carbonyl (C=O) groups excluding carboxylic acids is 3. The van der Waals surface area contributed by atoms with Gasteiger partial charge in [-0.25, -0.2) is 0 Å². The van der Waals surface area contributed by atoms with E-state index in [4.69, 9.17) is 27.6 Å². The Labute approximate surface area is 373 Å². The van der Waals surface area contributed by atoms with Crippen LogP contribution >= 0.6 is 17.2 Å². The number of aliphatic hydroxyl groups excluding tert-OH is 1. The van der Waals surface area contributed by atoms with E-state index in [9.17, 15) is 29.3 Å². The first kappa shape index (κ1) is 60.0. The third kappa shape index (κ3) is 44.0. The van der Waals surface area contributed by atoms with E-state index in [1.807, 2.05) is 0 Å². The van der Waals surface area contributed by atoms with Crippen molar-refractivity contribution in [2.24, 2.45) is 0 Å². The van der Waals surface area contributed by atoms with E-state index in [1.165, 1.54) is 148 Å². The number of unbranched alkanes of at least 4 members (excludes halogenated alkanes) is 26. The maximum Gasteiger partial charge on any atom is 0.330 e. The number of hydrogen-bond donors (Lipinski definition) is 5. The molecule has 0 spiro atoms. The molecule has 362 valence electrons. The first-order valence-corrected chi connectivity index (χ1v) is 26.3. The van der Waals surface area contributed by atoms with Gasteiger partial charge < -0.3 is 53.1 Å². The number of rotatable bonds is 49. The van der Waals surface area contributed by atoms with Gasteiger partial charge in [-0.2, -0.15) is 0 Å². The largest absolute Gasteiger partial charge is 0.463 e. The Morgan fingerprint density at radius 2 is 0.869 bits per heavy atom. The van der Waals surface area contributed by atoms with Crippen molar-refractivity contribution in [2.45, 2.75) is 225 Å². The van der Waals surface area contributed by atoms with Gasteiger partial charge in [0.15, 0.2) is 0 Å². The van der Waals surface area contributed by atoms with Crippen molar-refractivity contribution in [2.75, 3.05) is 46.8 Å². The molecule has 61 heavy (non-hydrogen) atoms. The Bertz CT molecular complexity index is 977. The summed E-state index contributed by atoms with van der Waals surface area (Å²) in [6, 6.07) is -1.18. The van der Waals surface area contributed by atoms with Crippen molar-refractivity contribution < 1.29 is 56.8 Å². The van der Waals surface area contributed by atoms with E-state index in [0.717, 1.165) is 38.5 Å². The van der Waals surface area contributed by atoms with Crippen LogP contribution in [0.15, 0.2) is 0 Å². The normalized spacial score (nSPS) is 14.0. The molecule has 0 aromatic heterocycles. The van der Waals surface area contributed by atoms with Crippen LogP contribution in [0.5, 0.6) is 0 Å². The molecule has 0 aliphatic heterocycles. The fraction of sp³-hybridized carbons (Fsp3) is 0.933. The minimum absolute atomic E-state index is 0.0480. The Morgan fingerprint density at radius 3 is 1.26 bits per heavy atom. The Kier molecular flexibility index (Phi) is 46.1. The molecular formula is C45H90N2O12P2. The minimum Gasteiger partial charge on any atom is -0.463 e. The summed E-state index contributed by atoms with van der Waals surface area (Å²) in [5.74, 6) is -0.461. The number of ether oxygens (including phenoxy) is 2. The molecule has 14 nitrogen and oxygen atoms in total. The van der Waals surface area contributed by atoms with E-state index in [-0.39, 0.29) is 51.5 Å². The van der Waals surface area contributed by atoms with Crippen LogP contribution in [0.3, 0.4) is 0 Å². The van der Waals surface area contributed by atoms with Gasteiger partial charge in [-0.15, -0.1) is 0 Å². The summed E-state index contributed by atoms with van der Waals surface area (Å²) in [5.41, 5.74) is 0. The lowest BCUT2D eigenvalue weighted by molar-refractivity contribution is -0.145. The first-order valence-electron chi connectivity index (χ1n) is 24.1. The molecule has 5 atom stereocenters. The number of amides is 2. The predicted octanol–water partition coefficient (Wildman–Crippen LogP) is 10.4. The second kappa shape index (κ2) is 46.9. The van der Waals surface area contributed by atoms with Crippen molar-refractivity contribution in [3.8, 4) is 0 Å². The van der Waals surface area contributed by atoms with Gasteiger partial charge in [0.1, 0.15) is 12.7 Å². The zero-order chi connectivity index (χ0) is 44.9.